The Morgan fingerprint density at radius 3 is 2.55 bits per heavy atom. The fourth-order valence-corrected chi connectivity index (χ4v) is 4.53. The quantitative estimate of drug-likeness (QED) is 0.553. The van der Waals surface area contributed by atoms with Gasteiger partial charge in [0.15, 0.2) is 10.7 Å². The van der Waals surface area contributed by atoms with Crippen LogP contribution in [-0.4, -0.2) is 57.1 Å². The zero-order valence-electron chi connectivity index (χ0n) is 17.8. The molecule has 0 aliphatic carbocycles. The van der Waals surface area contributed by atoms with Crippen molar-refractivity contribution in [2.45, 2.75) is 33.2 Å². The van der Waals surface area contributed by atoms with Crippen molar-refractivity contribution in [1.82, 2.24) is 19.2 Å². The molecule has 31 heavy (non-hydrogen) atoms. The highest BCUT2D eigenvalue weighted by Crippen LogP contribution is 2.14. The van der Waals surface area contributed by atoms with Gasteiger partial charge >= 0.3 is 0 Å². The number of hydrogen-bond donors (Lipinski definition) is 0. The normalized spacial score (nSPS) is 14.8. The van der Waals surface area contributed by atoms with Gasteiger partial charge in [-0.3, -0.25) is 23.7 Å². The Morgan fingerprint density at radius 2 is 1.81 bits per heavy atom. The standard InChI is InChI=1S/C23H26N4O3S/c1-16-3-4-18(13-17(16)2)20(28)5-6-21(29)26-9-7-25(8-10-26)15-19-14-22(30)27-11-12-31-23(27)24-19/h3-4,11-14H,5-10,15H2,1-2H3. The molecule has 0 spiro atoms. The zero-order valence-corrected chi connectivity index (χ0v) is 18.7. The van der Waals surface area contributed by atoms with Crippen LogP contribution in [-0.2, 0) is 11.3 Å². The minimum absolute atomic E-state index is 0.0106. The first-order valence-electron chi connectivity index (χ1n) is 10.5. The number of carbonyl (C=O) groups excluding carboxylic acids is 2. The van der Waals surface area contributed by atoms with Gasteiger partial charge < -0.3 is 4.90 Å². The first kappa shape index (κ1) is 21.4. The van der Waals surface area contributed by atoms with Crippen LogP contribution in [0.25, 0.3) is 4.96 Å². The molecule has 1 aromatic carbocycles. The number of thiazole rings is 1. The van der Waals surface area contributed by atoms with E-state index >= 15 is 0 Å². The number of ketones is 1. The van der Waals surface area contributed by atoms with Crippen LogP contribution < -0.4 is 5.56 Å². The van der Waals surface area contributed by atoms with Crippen molar-refractivity contribution >= 4 is 28.0 Å². The topological polar surface area (TPSA) is 75.0 Å². The fraction of sp³-hybridized carbons (Fsp3) is 0.391. The molecule has 0 atom stereocenters. The van der Waals surface area contributed by atoms with E-state index in [4.69, 9.17) is 0 Å². The molecule has 1 saturated heterocycles. The second-order valence-electron chi connectivity index (χ2n) is 8.02. The second-order valence-corrected chi connectivity index (χ2v) is 8.89. The van der Waals surface area contributed by atoms with E-state index in [2.05, 4.69) is 9.88 Å². The number of hydrogen-bond acceptors (Lipinski definition) is 6. The van der Waals surface area contributed by atoms with Crippen LogP contribution in [0.5, 0.6) is 0 Å². The number of nitrogens with zero attached hydrogens (tertiary/aromatic N) is 4. The maximum Gasteiger partial charge on any atom is 0.258 e. The summed E-state index contributed by atoms with van der Waals surface area (Å²) >= 11 is 1.44. The third-order valence-corrected chi connectivity index (χ3v) is 6.62. The maximum atomic E-state index is 12.6. The molecule has 0 unspecified atom stereocenters. The lowest BCUT2D eigenvalue weighted by Crippen LogP contribution is -2.48. The molecular weight excluding hydrogens is 412 g/mol. The van der Waals surface area contributed by atoms with E-state index in [-0.39, 0.29) is 30.1 Å². The molecule has 1 aliphatic heterocycles. The number of fused-ring (bicyclic) bond motifs is 1. The number of carbonyl (C=O) groups is 2. The van der Waals surface area contributed by atoms with E-state index in [0.717, 1.165) is 29.9 Å². The van der Waals surface area contributed by atoms with Gasteiger partial charge in [-0.2, -0.15) is 0 Å². The monoisotopic (exact) mass is 438 g/mol. The number of aromatic nitrogens is 2. The van der Waals surface area contributed by atoms with Crippen molar-refractivity contribution in [1.29, 1.82) is 0 Å². The van der Waals surface area contributed by atoms with E-state index in [1.165, 1.54) is 11.3 Å². The Bertz CT molecular complexity index is 1180. The predicted molar refractivity (Wildman–Crippen MR) is 121 cm³/mol. The Morgan fingerprint density at radius 1 is 1.03 bits per heavy atom. The molecule has 0 radical (unpaired) electrons. The van der Waals surface area contributed by atoms with Crippen molar-refractivity contribution in [3.8, 4) is 0 Å². The second kappa shape index (κ2) is 9.11. The van der Waals surface area contributed by atoms with Gasteiger partial charge in [0, 0.05) is 68.8 Å². The molecule has 3 aromatic rings. The molecule has 1 aliphatic rings. The summed E-state index contributed by atoms with van der Waals surface area (Å²) in [5.41, 5.74) is 3.60. The van der Waals surface area contributed by atoms with Gasteiger partial charge in [-0.05, 0) is 31.0 Å². The summed E-state index contributed by atoms with van der Waals surface area (Å²) in [6, 6.07) is 7.26. The Hall–Kier alpha value is -2.84. The summed E-state index contributed by atoms with van der Waals surface area (Å²) in [4.78, 5) is 46.4. The molecule has 7 nitrogen and oxygen atoms in total. The predicted octanol–water partition coefficient (Wildman–Crippen LogP) is 2.68. The van der Waals surface area contributed by atoms with Crippen molar-refractivity contribution in [2.75, 3.05) is 26.2 Å². The number of rotatable bonds is 6. The molecule has 1 fully saturated rings. The van der Waals surface area contributed by atoms with E-state index in [0.29, 0.717) is 30.2 Å². The average molecular weight is 439 g/mol. The molecule has 2 aromatic heterocycles. The first-order valence-corrected chi connectivity index (χ1v) is 11.3. The van der Waals surface area contributed by atoms with Crippen LogP contribution >= 0.6 is 11.3 Å². The van der Waals surface area contributed by atoms with Gasteiger partial charge in [0.2, 0.25) is 5.91 Å². The zero-order chi connectivity index (χ0) is 22.0. The lowest BCUT2D eigenvalue weighted by molar-refractivity contribution is -0.133. The Labute approximate surface area is 184 Å². The van der Waals surface area contributed by atoms with Crippen LogP contribution in [0.2, 0.25) is 0 Å². The van der Waals surface area contributed by atoms with Gasteiger partial charge in [0.25, 0.3) is 5.56 Å². The van der Waals surface area contributed by atoms with Gasteiger partial charge in [-0.15, -0.1) is 11.3 Å². The average Bonchev–Trinajstić information content (AvgIpc) is 3.23. The third kappa shape index (κ3) is 4.91. The third-order valence-electron chi connectivity index (χ3n) is 5.86. The first-order chi connectivity index (χ1) is 14.9. The minimum atomic E-state index is -0.0662. The summed E-state index contributed by atoms with van der Waals surface area (Å²) in [5, 5.41) is 1.85. The fourth-order valence-electron chi connectivity index (χ4n) is 3.79. The highest BCUT2D eigenvalue weighted by Gasteiger charge is 2.22. The van der Waals surface area contributed by atoms with Crippen molar-refractivity contribution in [3.63, 3.8) is 0 Å². The molecule has 0 saturated carbocycles. The molecular formula is C23H26N4O3S. The van der Waals surface area contributed by atoms with E-state index in [1.54, 1.807) is 16.7 Å². The van der Waals surface area contributed by atoms with Gasteiger partial charge in [0.05, 0.1) is 5.69 Å². The maximum absolute atomic E-state index is 12.6. The van der Waals surface area contributed by atoms with E-state index in [9.17, 15) is 14.4 Å². The van der Waals surface area contributed by atoms with Crippen LogP contribution in [0.3, 0.4) is 0 Å². The number of Topliss-reactive ketones (excluding diaryl/α,β-unsaturated/α-hetero) is 1. The molecule has 8 heteroatoms. The lowest BCUT2D eigenvalue weighted by Gasteiger charge is -2.34. The van der Waals surface area contributed by atoms with Crippen LogP contribution in [0.4, 0.5) is 0 Å². The van der Waals surface area contributed by atoms with Crippen LogP contribution in [0.15, 0.2) is 40.6 Å². The summed E-state index contributed by atoms with van der Waals surface area (Å²) in [6.45, 7) is 7.29. The Balaban J connectivity index is 1.27. The van der Waals surface area contributed by atoms with Crippen LogP contribution in [0, 0.1) is 13.8 Å². The lowest BCUT2D eigenvalue weighted by atomic mass is 10.0. The largest absolute Gasteiger partial charge is 0.340 e. The molecule has 1 amide bonds. The highest BCUT2D eigenvalue weighted by atomic mass is 32.1. The molecule has 4 rings (SSSR count). The van der Waals surface area contributed by atoms with Gasteiger partial charge in [0.1, 0.15) is 0 Å². The smallest absolute Gasteiger partial charge is 0.258 e. The molecule has 162 valence electrons. The summed E-state index contributed by atoms with van der Waals surface area (Å²) in [7, 11) is 0. The molecule has 0 bridgehead atoms. The number of aryl methyl sites for hydroxylation is 2. The number of benzene rings is 1. The minimum Gasteiger partial charge on any atom is -0.340 e. The van der Waals surface area contributed by atoms with Crippen LogP contribution in [0.1, 0.15) is 40.0 Å². The summed E-state index contributed by atoms with van der Waals surface area (Å²) in [6.07, 6.45) is 2.20. The molecule has 0 N–H and O–H groups in total. The van der Waals surface area contributed by atoms with Crippen molar-refractivity contribution < 1.29 is 9.59 Å². The van der Waals surface area contributed by atoms with E-state index in [1.807, 2.05) is 42.3 Å². The highest BCUT2D eigenvalue weighted by molar-refractivity contribution is 7.15. The SMILES string of the molecule is Cc1ccc(C(=O)CCC(=O)N2CCN(Cc3cc(=O)n4ccsc4n3)CC2)cc1C. The van der Waals surface area contributed by atoms with Gasteiger partial charge in [-0.25, -0.2) is 4.98 Å². The van der Waals surface area contributed by atoms with Crippen molar-refractivity contribution in [2.24, 2.45) is 0 Å². The van der Waals surface area contributed by atoms with Crippen molar-refractivity contribution in [3.05, 3.63) is 68.6 Å². The Kier molecular flexibility index (Phi) is 6.29. The number of amides is 1. The van der Waals surface area contributed by atoms with E-state index < -0.39 is 0 Å². The number of piperazine rings is 1. The van der Waals surface area contributed by atoms with Gasteiger partial charge in [-0.1, -0.05) is 12.1 Å². The summed E-state index contributed by atoms with van der Waals surface area (Å²) in [5.74, 6) is 0.0321. The summed E-state index contributed by atoms with van der Waals surface area (Å²) < 4.78 is 1.55. The molecule has 3 heterocycles.